The fraction of sp³-hybridized carbons (Fsp3) is 0.208. The SMILES string of the molecule is NS(=O)(=O)c1cccc(-c2cc(NC(=O)C3(c4ccc5c(c4)OCO5)CC3)cc(C(F)(F)F)c2)c1.[HH].[HH].[HH]. The molecule has 0 radical (unpaired) electrons. The first-order chi connectivity index (χ1) is 16.5. The molecule has 3 aromatic carbocycles. The van der Waals surface area contributed by atoms with Crippen LogP contribution in [0.25, 0.3) is 11.1 Å². The van der Waals surface area contributed by atoms with Crippen molar-refractivity contribution in [3.63, 3.8) is 0 Å². The number of nitrogens with one attached hydrogen (secondary N) is 1. The van der Waals surface area contributed by atoms with E-state index in [9.17, 15) is 26.4 Å². The fourth-order valence-electron chi connectivity index (χ4n) is 4.10. The number of alkyl halides is 3. The standard InChI is InChI=1S/C24H19F3N2O5S.3H2/c25-24(26,27)17-8-15(14-2-1-3-19(10-14)35(28,31)32)9-18(11-17)29-22(30)23(6-7-23)16-4-5-20-21(12-16)34-13-33-20;;;/h1-5,8-12H,6-7,13H2,(H,29,30)(H2,28,31,32);3*1H. The molecule has 3 aromatic rings. The molecule has 188 valence electrons. The average Bonchev–Trinajstić information content (AvgIpc) is 3.49. The molecule has 5 rings (SSSR count). The molecule has 3 N–H and O–H groups in total. The summed E-state index contributed by atoms with van der Waals surface area (Å²) < 4.78 is 75.0. The predicted molar refractivity (Wildman–Crippen MR) is 127 cm³/mol. The van der Waals surface area contributed by atoms with Crippen molar-refractivity contribution < 1.29 is 40.1 Å². The van der Waals surface area contributed by atoms with Crippen LogP contribution in [0.15, 0.2) is 65.6 Å². The molecule has 35 heavy (non-hydrogen) atoms. The van der Waals surface area contributed by atoms with Gasteiger partial charge in [-0.2, -0.15) is 13.2 Å². The lowest BCUT2D eigenvalue weighted by molar-refractivity contribution is -0.137. The number of carbonyl (C=O) groups excluding carboxylic acids is 1. The van der Waals surface area contributed by atoms with E-state index in [1.165, 1.54) is 30.3 Å². The van der Waals surface area contributed by atoms with Crippen LogP contribution in [-0.2, 0) is 26.4 Å². The third-order valence-electron chi connectivity index (χ3n) is 6.12. The van der Waals surface area contributed by atoms with Gasteiger partial charge in [-0.25, -0.2) is 13.6 Å². The zero-order valence-corrected chi connectivity index (χ0v) is 18.9. The van der Waals surface area contributed by atoms with E-state index in [2.05, 4.69) is 5.32 Å². The number of hydrogen-bond donors (Lipinski definition) is 2. The van der Waals surface area contributed by atoms with E-state index in [1.54, 1.807) is 18.2 Å². The van der Waals surface area contributed by atoms with Gasteiger partial charge >= 0.3 is 6.18 Å². The Labute approximate surface area is 203 Å². The number of carbonyl (C=O) groups is 1. The molecule has 0 aromatic heterocycles. The number of nitrogens with two attached hydrogens (primary N) is 1. The van der Waals surface area contributed by atoms with Gasteiger partial charge in [-0.3, -0.25) is 4.79 Å². The first kappa shape index (κ1) is 23.2. The number of anilines is 1. The summed E-state index contributed by atoms with van der Waals surface area (Å²) in [7, 11) is -4.06. The van der Waals surface area contributed by atoms with Gasteiger partial charge in [0, 0.05) is 9.97 Å². The van der Waals surface area contributed by atoms with Crippen LogP contribution in [0.3, 0.4) is 0 Å². The second kappa shape index (κ2) is 7.99. The van der Waals surface area contributed by atoms with E-state index in [0.29, 0.717) is 29.9 Å². The molecule has 1 saturated carbocycles. The molecule has 1 aliphatic heterocycles. The van der Waals surface area contributed by atoms with E-state index in [1.807, 2.05) is 0 Å². The number of hydrogen-bond acceptors (Lipinski definition) is 5. The Hall–Kier alpha value is -3.57. The van der Waals surface area contributed by atoms with Crippen molar-refractivity contribution in [2.45, 2.75) is 29.3 Å². The summed E-state index contributed by atoms with van der Waals surface area (Å²) in [5.74, 6) is 0.631. The maximum atomic E-state index is 13.7. The number of benzene rings is 3. The van der Waals surface area contributed by atoms with Crippen LogP contribution in [0.2, 0.25) is 0 Å². The van der Waals surface area contributed by atoms with Crippen LogP contribution < -0.4 is 19.9 Å². The molecular formula is C24H25F3N2O5S. The third-order valence-corrected chi connectivity index (χ3v) is 7.03. The van der Waals surface area contributed by atoms with Gasteiger partial charge in [0.2, 0.25) is 22.7 Å². The van der Waals surface area contributed by atoms with Crippen molar-refractivity contribution >= 4 is 21.6 Å². The Morgan fingerprint density at radius 2 is 1.71 bits per heavy atom. The highest BCUT2D eigenvalue weighted by molar-refractivity contribution is 7.89. The van der Waals surface area contributed by atoms with Crippen LogP contribution in [-0.4, -0.2) is 21.1 Å². The van der Waals surface area contributed by atoms with Gasteiger partial charge in [-0.1, -0.05) is 18.2 Å². The molecule has 2 aliphatic rings. The number of rotatable bonds is 5. The van der Waals surface area contributed by atoms with E-state index in [0.717, 1.165) is 12.1 Å². The quantitative estimate of drug-likeness (QED) is 0.493. The topological polar surface area (TPSA) is 108 Å². The molecule has 1 heterocycles. The normalized spacial score (nSPS) is 16.1. The highest BCUT2D eigenvalue weighted by Crippen LogP contribution is 2.51. The van der Waals surface area contributed by atoms with Crippen molar-refractivity contribution in [3.05, 3.63) is 71.8 Å². The largest absolute Gasteiger partial charge is 0.454 e. The van der Waals surface area contributed by atoms with Crippen molar-refractivity contribution in [2.75, 3.05) is 12.1 Å². The number of sulfonamides is 1. The first-order valence-corrected chi connectivity index (χ1v) is 12.1. The molecule has 1 fully saturated rings. The predicted octanol–water partition coefficient (Wildman–Crippen LogP) is 5.16. The Kier molecular flexibility index (Phi) is 5.29. The number of amides is 1. The lowest BCUT2D eigenvalue weighted by Crippen LogP contribution is -2.28. The molecular weight excluding hydrogens is 485 g/mol. The number of halogens is 3. The minimum atomic E-state index is -4.69. The van der Waals surface area contributed by atoms with Crippen LogP contribution in [0.5, 0.6) is 11.5 Å². The first-order valence-electron chi connectivity index (χ1n) is 10.5. The minimum Gasteiger partial charge on any atom is -0.454 e. The molecule has 0 spiro atoms. The summed E-state index contributed by atoms with van der Waals surface area (Å²) in [5.41, 5.74) is -0.967. The van der Waals surface area contributed by atoms with Gasteiger partial charge in [0.25, 0.3) is 0 Å². The lowest BCUT2D eigenvalue weighted by Gasteiger charge is -2.18. The fourth-order valence-corrected chi connectivity index (χ4v) is 4.66. The molecule has 11 heteroatoms. The molecule has 0 saturated heterocycles. The average molecular weight is 511 g/mol. The molecule has 1 amide bonds. The van der Waals surface area contributed by atoms with Crippen LogP contribution in [0, 0.1) is 0 Å². The lowest BCUT2D eigenvalue weighted by atomic mass is 9.94. The molecule has 1 aliphatic carbocycles. The monoisotopic (exact) mass is 510 g/mol. The van der Waals surface area contributed by atoms with E-state index >= 15 is 0 Å². The zero-order valence-electron chi connectivity index (χ0n) is 18.1. The highest BCUT2D eigenvalue weighted by Gasteiger charge is 2.51. The summed E-state index contributed by atoms with van der Waals surface area (Å²) in [6.45, 7) is 0.0810. The molecule has 0 atom stereocenters. The van der Waals surface area contributed by atoms with Crippen molar-refractivity contribution in [1.29, 1.82) is 0 Å². The summed E-state index contributed by atoms with van der Waals surface area (Å²) in [5, 5.41) is 7.79. The maximum Gasteiger partial charge on any atom is 0.416 e. The molecule has 7 nitrogen and oxygen atoms in total. The highest BCUT2D eigenvalue weighted by atomic mass is 32.2. The van der Waals surface area contributed by atoms with Gasteiger partial charge in [-0.05, 0) is 72.0 Å². The Balaban J connectivity index is 0.00000169. The van der Waals surface area contributed by atoms with Crippen molar-refractivity contribution in [2.24, 2.45) is 5.14 Å². The van der Waals surface area contributed by atoms with Gasteiger partial charge in [0.05, 0.1) is 15.9 Å². The van der Waals surface area contributed by atoms with Crippen LogP contribution >= 0.6 is 0 Å². The minimum absolute atomic E-state index is 0. The third kappa shape index (κ3) is 4.44. The maximum absolute atomic E-state index is 13.7. The number of primary sulfonamides is 1. The van der Waals surface area contributed by atoms with Crippen molar-refractivity contribution in [3.8, 4) is 22.6 Å². The Morgan fingerprint density at radius 1 is 0.971 bits per heavy atom. The number of ether oxygens (including phenoxy) is 2. The Morgan fingerprint density at radius 3 is 2.40 bits per heavy atom. The van der Waals surface area contributed by atoms with E-state index in [-0.39, 0.29) is 32.8 Å². The molecule has 0 bridgehead atoms. The van der Waals surface area contributed by atoms with Gasteiger partial charge in [-0.15, -0.1) is 0 Å². The van der Waals surface area contributed by atoms with Gasteiger partial charge in [0.15, 0.2) is 11.5 Å². The summed E-state index contributed by atoms with van der Waals surface area (Å²) in [4.78, 5) is 13.0. The van der Waals surface area contributed by atoms with Crippen LogP contribution in [0.1, 0.15) is 28.2 Å². The van der Waals surface area contributed by atoms with Crippen LogP contribution in [0.4, 0.5) is 18.9 Å². The van der Waals surface area contributed by atoms with Crippen molar-refractivity contribution in [1.82, 2.24) is 0 Å². The summed E-state index contributed by atoms with van der Waals surface area (Å²) >= 11 is 0. The smallest absolute Gasteiger partial charge is 0.416 e. The van der Waals surface area contributed by atoms with E-state index in [4.69, 9.17) is 14.6 Å². The Bertz CT molecular complexity index is 1460. The summed E-state index contributed by atoms with van der Waals surface area (Å²) in [6.07, 6.45) is -3.64. The molecule has 0 unspecified atom stereocenters. The van der Waals surface area contributed by atoms with Gasteiger partial charge < -0.3 is 14.8 Å². The van der Waals surface area contributed by atoms with E-state index < -0.39 is 33.1 Å². The second-order valence-electron chi connectivity index (χ2n) is 8.47. The summed E-state index contributed by atoms with van der Waals surface area (Å²) in [6, 6.07) is 13.5. The van der Waals surface area contributed by atoms with Gasteiger partial charge in [0.1, 0.15) is 0 Å². The number of fused-ring (bicyclic) bond motifs is 1. The second-order valence-corrected chi connectivity index (χ2v) is 10.0. The zero-order chi connectivity index (χ0) is 25.0.